The van der Waals surface area contributed by atoms with Gasteiger partial charge >= 0.3 is 0 Å². The molecule has 2 aliphatic rings. The third-order valence-corrected chi connectivity index (χ3v) is 4.69. The van der Waals surface area contributed by atoms with E-state index in [4.69, 9.17) is 0 Å². The number of fused-ring (bicyclic) bond motifs is 2. The van der Waals surface area contributed by atoms with E-state index in [1.807, 2.05) is 0 Å². The molecule has 2 saturated carbocycles. The average molecular weight is 180 g/mol. The molecule has 0 amide bonds. The van der Waals surface area contributed by atoms with Gasteiger partial charge in [-0.25, -0.2) is 0 Å². The zero-order valence-corrected chi connectivity index (χ0v) is 9.42. The quantitative estimate of drug-likeness (QED) is 0.570. The van der Waals surface area contributed by atoms with Gasteiger partial charge in [0.1, 0.15) is 0 Å². The van der Waals surface area contributed by atoms with Crippen molar-refractivity contribution in [2.75, 3.05) is 0 Å². The van der Waals surface area contributed by atoms with Crippen LogP contribution in [0.5, 0.6) is 0 Å². The van der Waals surface area contributed by atoms with E-state index in [0.29, 0.717) is 0 Å². The van der Waals surface area contributed by atoms with Crippen molar-refractivity contribution < 1.29 is 0 Å². The Morgan fingerprint density at radius 1 is 0.923 bits per heavy atom. The molecule has 2 fully saturated rings. The summed E-state index contributed by atoms with van der Waals surface area (Å²) in [4.78, 5) is 0. The maximum Gasteiger partial charge on any atom is -0.0380 e. The molecule has 0 aromatic rings. The molecule has 13 heavy (non-hydrogen) atoms. The van der Waals surface area contributed by atoms with Crippen molar-refractivity contribution in [3.05, 3.63) is 0 Å². The van der Waals surface area contributed by atoms with Crippen LogP contribution in [-0.4, -0.2) is 0 Å². The minimum Gasteiger partial charge on any atom is -0.0651 e. The predicted octanol–water partition coefficient (Wildman–Crippen LogP) is 4.10. The van der Waals surface area contributed by atoms with Gasteiger partial charge in [-0.3, -0.25) is 0 Å². The molecule has 0 aromatic heterocycles. The van der Waals surface area contributed by atoms with E-state index in [-0.39, 0.29) is 0 Å². The molecule has 2 rings (SSSR count). The summed E-state index contributed by atoms with van der Waals surface area (Å²) in [6.07, 6.45) is 7.56. The maximum atomic E-state index is 2.48. The first-order valence-electron chi connectivity index (χ1n) is 6.20. The molecule has 0 aliphatic heterocycles. The second kappa shape index (κ2) is 3.63. The van der Waals surface area contributed by atoms with Crippen molar-refractivity contribution in [1.82, 2.24) is 0 Å². The minimum absolute atomic E-state index is 1.00. The standard InChI is InChI=1S/C13H24/c1-4-11-5-9(2)6-12-8-13(11)7-10(12)3/h9-13H,4-8H2,1-3H3. The smallest absolute Gasteiger partial charge is 0.0380 e. The molecule has 0 aromatic carbocycles. The maximum absolute atomic E-state index is 2.48. The van der Waals surface area contributed by atoms with E-state index >= 15 is 0 Å². The fourth-order valence-corrected chi connectivity index (χ4v) is 3.92. The second-order valence-electron chi connectivity index (χ2n) is 5.71. The van der Waals surface area contributed by atoms with Crippen LogP contribution in [0.3, 0.4) is 0 Å². The van der Waals surface area contributed by atoms with E-state index in [1.165, 1.54) is 25.7 Å². The third kappa shape index (κ3) is 1.78. The second-order valence-corrected chi connectivity index (χ2v) is 5.71. The van der Waals surface area contributed by atoms with Crippen molar-refractivity contribution in [2.24, 2.45) is 29.6 Å². The normalized spacial score (nSPS) is 50.5. The first-order chi connectivity index (χ1) is 6.20. The summed E-state index contributed by atoms with van der Waals surface area (Å²) in [6.45, 7) is 7.34. The summed E-state index contributed by atoms with van der Waals surface area (Å²) in [5.41, 5.74) is 0. The van der Waals surface area contributed by atoms with Crippen LogP contribution in [0.15, 0.2) is 0 Å². The Kier molecular flexibility index (Phi) is 2.67. The van der Waals surface area contributed by atoms with E-state index in [2.05, 4.69) is 20.8 Å². The molecule has 0 nitrogen and oxygen atoms in total. The van der Waals surface area contributed by atoms with Gasteiger partial charge in [-0.05, 0) is 55.3 Å². The SMILES string of the molecule is CCC1CC(C)CC2CC1CC2C. The van der Waals surface area contributed by atoms with Crippen molar-refractivity contribution in [2.45, 2.75) is 52.9 Å². The predicted molar refractivity (Wildman–Crippen MR) is 57.6 cm³/mol. The molecule has 0 spiro atoms. The highest BCUT2D eigenvalue weighted by Crippen LogP contribution is 2.49. The van der Waals surface area contributed by atoms with E-state index < -0.39 is 0 Å². The van der Waals surface area contributed by atoms with Gasteiger partial charge in [-0.1, -0.05) is 27.2 Å². The Hall–Kier alpha value is 0. The fourth-order valence-electron chi connectivity index (χ4n) is 3.92. The van der Waals surface area contributed by atoms with Crippen LogP contribution >= 0.6 is 0 Å². The zero-order chi connectivity index (χ0) is 9.42. The van der Waals surface area contributed by atoms with Crippen molar-refractivity contribution in [1.29, 1.82) is 0 Å². The number of hydrogen-bond acceptors (Lipinski definition) is 0. The molecular formula is C13H24. The number of rotatable bonds is 1. The van der Waals surface area contributed by atoms with Crippen molar-refractivity contribution in [3.8, 4) is 0 Å². The van der Waals surface area contributed by atoms with Gasteiger partial charge in [-0.2, -0.15) is 0 Å². The van der Waals surface area contributed by atoms with Crippen LogP contribution in [0, 0.1) is 29.6 Å². The molecule has 0 heterocycles. The van der Waals surface area contributed by atoms with E-state index in [0.717, 1.165) is 29.6 Å². The van der Waals surface area contributed by atoms with Gasteiger partial charge in [0.15, 0.2) is 0 Å². The van der Waals surface area contributed by atoms with Gasteiger partial charge in [0.25, 0.3) is 0 Å². The van der Waals surface area contributed by atoms with Gasteiger partial charge in [-0.15, -0.1) is 0 Å². The van der Waals surface area contributed by atoms with Crippen LogP contribution in [0.25, 0.3) is 0 Å². The molecule has 0 heteroatoms. The Bertz CT molecular complexity index is 171. The first-order valence-corrected chi connectivity index (χ1v) is 6.20. The monoisotopic (exact) mass is 180 g/mol. The Balaban J connectivity index is 2.09. The van der Waals surface area contributed by atoms with Crippen molar-refractivity contribution in [3.63, 3.8) is 0 Å². The van der Waals surface area contributed by atoms with E-state index in [1.54, 1.807) is 6.42 Å². The van der Waals surface area contributed by atoms with Crippen molar-refractivity contribution >= 4 is 0 Å². The molecule has 2 bridgehead atoms. The lowest BCUT2D eigenvalue weighted by Gasteiger charge is -2.25. The third-order valence-electron chi connectivity index (χ3n) is 4.69. The molecule has 5 atom stereocenters. The van der Waals surface area contributed by atoms with E-state index in [9.17, 15) is 0 Å². The molecule has 76 valence electrons. The highest BCUT2D eigenvalue weighted by molar-refractivity contribution is 4.89. The topological polar surface area (TPSA) is 0 Å². The van der Waals surface area contributed by atoms with Gasteiger partial charge in [0.2, 0.25) is 0 Å². The fraction of sp³-hybridized carbons (Fsp3) is 1.00. The summed E-state index contributed by atoms with van der Waals surface area (Å²) < 4.78 is 0. The largest absolute Gasteiger partial charge is 0.0651 e. The highest BCUT2D eigenvalue weighted by Gasteiger charge is 2.38. The van der Waals surface area contributed by atoms with Gasteiger partial charge in [0.05, 0.1) is 0 Å². The summed E-state index contributed by atoms with van der Waals surface area (Å²) >= 11 is 0. The molecule has 0 N–H and O–H groups in total. The van der Waals surface area contributed by atoms with Crippen LogP contribution in [0.2, 0.25) is 0 Å². The lowest BCUT2D eigenvalue weighted by atomic mass is 9.80. The molecule has 2 aliphatic carbocycles. The Morgan fingerprint density at radius 2 is 1.69 bits per heavy atom. The number of hydrogen-bond donors (Lipinski definition) is 0. The van der Waals surface area contributed by atoms with Crippen LogP contribution in [0.4, 0.5) is 0 Å². The summed E-state index contributed by atoms with van der Waals surface area (Å²) in [5, 5.41) is 0. The Labute approximate surface area is 83.1 Å². The molecule has 5 unspecified atom stereocenters. The minimum atomic E-state index is 1.00. The molecule has 0 radical (unpaired) electrons. The van der Waals surface area contributed by atoms with Gasteiger partial charge in [0, 0.05) is 0 Å². The van der Waals surface area contributed by atoms with Crippen LogP contribution in [0.1, 0.15) is 52.9 Å². The molecule has 0 saturated heterocycles. The summed E-state index contributed by atoms with van der Waals surface area (Å²) in [7, 11) is 0. The highest BCUT2D eigenvalue weighted by atomic mass is 14.4. The van der Waals surface area contributed by atoms with Gasteiger partial charge < -0.3 is 0 Å². The average Bonchev–Trinajstić information content (AvgIpc) is 2.33. The van der Waals surface area contributed by atoms with Crippen LogP contribution in [-0.2, 0) is 0 Å². The molecular weight excluding hydrogens is 156 g/mol. The lowest BCUT2D eigenvalue weighted by molar-refractivity contribution is 0.253. The Morgan fingerprint density at radius 3 is 2.38 bits per heavy atom. The zero-order valence-electron chi connectivity index (χ0n) is 9.42. The summed E-state index contributed by atoms with van der Waals surface area (Å²) in [6, 6.07) is 0. The lowest BCUT2D eigenvalue weighted by Crippen LogP contribution is -2.15. The van der Waals surface area contributed by atoms with Crippen LogP contribution < -0.4 is 0 Å². The summed E-state index contributed by atoms with van der Waals surface area (Å²) in [5.74, 6) is 5.26. The first kappa shape index (κ1) is 9.55.